The molecule has 2 aromatic carbocycles. The maximum atomic E-state index is 14.1. The van der Waals surface area contributed by atoms with Crippen molar-refractivity contribution < 1.29 is 4.39 Å². The Balaban J connectivity index is 2.10. The molecule has 0 amide bonds. The minimum Gasteiger partial charge on any atom is -0.427 e. The first kappa shape index (κ1) is 12.7. The number of hydrogen-bond donors (Lipinski definition) is 0. The molecule has 0 atom stereocenters. The van der Waals surface area contributed by atoms with Crippen LogP contribution in [-0.4, -0.2) is 20.0 Å². The zero-order chi connectivity index (χ0) is 14.1. The highest BCUT2D eigenvalue weighted by Gasteiger charge is 2.07. The van der Waals surface area contributed by atoms with Crippen LogP contribution in [0.15, 0.2) is 54.6 Å². The fourth-order valence-corrected chi connectivity index (χ4v) is 2.15. The third-order valence-electron chi connectivity index (χ3n) is 3.24. The van der Waals surface area contributed by atoms with Crippen LogP contribution in [0.25, 0.3) is 22.2 Å². The van der Waals surface area contributed by atoms with Crippen molar-refractivity contribution in [3.8, 4) is 11.3 Å². The van der Waals surface area contributed by atoms with Gasteiger partial charge in [0, 0.05) is 22.7 Å². The predicted octanol–water partition coefficient (Wildman–Crippen LogP) is 3.56. The first-order valence-electron chi connectivity index (χ1n) is 6.29. The van der Waals surface area contributed by atoms with E-state index in [1.807, 2.05) is 36.4 Å². The lowest BCUT2D eigenvalue weighted by Gasteiger charge is -2.13. The molecule has 1 heterocycles. The number of benzene rings is 2. The molecule has 20 heavy (non-hydrogen) atoms. The average molecular weight is 262 g/mol. The first-order chi connectivity index (χ1) is 9.65. The molecule has 0 saturated carbocycles. The Kier molecular flexibility index (Phi) is 3.14. The first-order valence-corrected chi connectivity index (χ1v) is 6.29. The summed E-state index contributed by atoms with van der Waals surface area (Å²) >= 11 is 0. The number of halogens is 1. The summed E-state index contributed by atoms with van der Waals surface area (Å²) in [6.45, 7) is 0. The number of para-hydroxylation sites is 1. The van der Waals surface area contributed by atoms with Gasteiger partial charge in [-0.1, -0.05) is 24.3 Å². The zero-order valence-corrected chi connectivity index (χ0v) is 11.0. The zero-order valence-electron chi connectivity index (χ0n) is 11.0. The molecule has 96 valence electrons. The van der Waals surface area contributed by atoms with E-state index in [1.165, 1.54) is 10.9 Å². The van der Waals surface area contributed by atoms with E-state index in [-0.39, 0.29) is 5.82 Å². The molecule has 4 heteroatoms. The molecule has 0 fully saturated rings. The van der Waals surface area contributed by atoms with Crippen LogP contribution in [-0.2, 0) is 0 Å². The van der Waals surface area contributed by atoms with Crippen LogP contribution in [0.2, 0.25) is 0 Å². The van der Waals surface area contributed by atoms with Crippen molar-refractivity contribution in [2.24, 2.45) is 0 Å². The summed E-state index contributed by atoms with van der Waals surface area (Å²) in [7, 11) is 7.43. The highest BCUT2D eigenvalue weighted by molar-refractivity contribution is 6.17. The third kappa shape index (κ3) is 2.25. The van der Waals surface area contributed by atoms with Gasteiger partial charge in [0.2, 0.25) is 7.98 Å². The molecule has 2 radical (unpaired) electrons. The quantitative estimate of drug-likeness (QED) is 0.656. The Morgan fingerprint density at radius 3 is 2.45 bits per heavy atom. The molecule has 3 aromatic rings. The Hall–Kier alpha value is -2.36. The van der Waals surface area contributed by atoms with E-state index in [0.717, 1.165) is 11.3 Å². The number of fused-ring (bicyclic) bond motifs is 1. The summed E-state index contributed by atoms with van der Waals surface area (Å²) < 4.78 is 14.1. The van der Waals surface area contributed by atoms with E-state index in [0.29, 0.717) is 16.6 Å². The van der Waals surface area contributed by atoms with E-state index in [2.05, 4.69) is 4.98 Å². The fraction of sp³-hybridized carbons (Fsp3) is 0.0625. The second-order valence-electron chi connectivity index (χ2n) is 4.66. The lowest BCUT2D eigenvalue weighted by molar-refractivity contribution is 0.639. The van der Waals surface area contributed by atoms with Crippen molar-refractivity contribution >= 4 is 24.6 Å². The molecule has 2 nitrogen and oxygen atoms in total. The number of pyridine rings is 1. The number of anilines is 1. The van der Waals surface area contributed by atoms with Gasteiger partial charge in [0.1, 0.15) is 5.82 Å². The van der Waals surface area contributed by atoms with Crippen LogP contribution in [0.4, 0.5) is 10.1 Å². The van der Waals surface area contributed by atoms with Gasteiger partial charge in [-0.3, -0.25) is 0 Å². The van der Waals surface area contributed by atoms with Crippen molar-refractivity contribution in [2.75, 3.05) is 11.9 Å². The van der Waals surface area contributed by atoms with E-state index >= 15 is 0 Å². The highest BCUT2D eigenvalue weighted by atomic mass is 19.1. The van der Waals surface area contributed by atoms with Gasteiger partial charge < -0.3 is 4.81 Å². The van der Waals surface area contributed by atoms with Crippen molar-refractivity contribution in [1.82, 2.24) is 4.98 Å². The minimum atomic E-state index is -0.259. The van der Waals surface area contributed by atoms with Gasteiger partial charge in [-0.2, -0.15) is 0 Å². The lowest BCUT2D eigenvalue weighted by Crippen LogP contribution is -2.10. The summed E-state index contributed by atoms with van der Waals surface area (Å²) in [4.78, 5) is 6.02. The summed E-state index contributed by atoms with van der Waals surface area (Å²) in [6, 6.07) is 16.2. The van der Waals surface area contributed by atoms with E-state index in [1.54, 1.807) is 19.2 Å². The predicted molar refractivity (Wildman–Crippen MR) is 81.3 cm³/mol. The van der Waals surface area contributed by atoms with Gasteiger partial charge in [-0.05, 0) is 31.3 Å². The van der Waals surface area contributed by atoms with Gasteiger partial charge in [-0.25, -0.2) is 9.37 Å². The molecule has 0 aliphatic carbocycles. The van der Waals surface area contributed by atoms with E-state index < -0.39 is 0 Å². The molecule has 0 saturated heterocycles. The lowest BCUT2D eigenvalue weighted by atomic mass is 10.1. The second-order valence-corrected chi connectivity index (χ2v) is 4.66. The van der Waals surface area contributed by atoms with Crippen molar-refractivity contribution in [2.45, 2.75) is 0 Å². The number of hydrogen-bond acceptors (Lipinski definition) is 2. The monoisotopic (exact) mass is 262 g/mol. The van der Waals surface area contributed by atoms with E-state index in [4.69, 9.17) is 7.98 Å². The Morgan fingerprint density at radius 2 is 1.75 bits per heavy atom. The average Bonchev–Trinajstić information content (AvgIpc) is 2.47. The van der Waals surface area contributed by atoms with Crippen LogP contribution in [0.3, 0.4) is 0 Å². The van der Waals surface area contributed by atoms with Crippen LogP contribution in [0.5, 0.6) is 0 Å². The van der Waals surface area contributed by atoms with Gasteiger partial charge in [0.15, 0.2) is 0 Å². The third-order valence-corrected chi connectivity index (χ3v) is 3.24. The van der Waals surface area contributed by atoms with Crippen molar-refractivity contribution in [1.29, 1.82) is 0 Å². The number of nitrogens with zero attached hydrogens (tertiary/aromatic N) is 2. The fourth-order valence-electron chi connectivity index (χ4n) is 2.15. The number of aromatic nitrogens is 1. The van der Waals surface area contributed by atoms with Crippen LogP contribution < -0.4 is 4.81 Å². The van der Waals surface area contributed by atoms with Crippen LogP contribution in [0, 0.1) is 5.82 Å². The van der Waals surface area contributed by atoms with E-state index in [9.17, 15) is 4.39 Å². The summed E-state index contributed by atoms with van der Waals surface area (Å²) in [5.41, 5.74) is 3.02. The van der Waals surface area contributed by atoms with Crippen molar-refractivity contribution in [3.63, 3.8) is 0 Å². The Bertz CT molecular complexity index is 754. The molecule has 0 aliphatic rings. The topological polar surface area (TPSA) is 16.1 Å². The Labute approximate surface area is 118 Å². The van der Waals surface area contributed by atoms with Crippen LogP contribution >= 0.6 is 0 Å². The maximum absolute atomic E-state index is 14.1. The minimum absolute atomic E-state index is 0.259. The number of rotatable bonds is 2. The van der Waals surface area contributed by atoms with Gasteiger partial charge in [-0.15, -0.1) is 0 Å². The maximum Gasteiger partial charge on any atom is 0.226 e. The van der Waals surface area contributed by atoms with Gasteiger partial charge in [0.25, 0.3) is 0 Å². The van der Waals surface area contributed by atoms with Gasteiger partial charge in [0.05, 0.1) is 11.2 Å². The normalized spacial score (nSPS) is 10.7. The SMILES string of the molecule is [B]N(C)c1ccc(-c2cc(F)c3ccccc3n2)cc1. The largest absolute Gasteiger partial charge is 0.427 e. The Morgan fingerprint density at radius 1 is 1.05 bits per heavy atom. The molecule has 1 aromatic heterocycles. The molecule has 0 bridgehead atoms. The van der Waals surface area contributed by atoms with Gasteiger partial charge >= 0.3 is 0 Å². The molecular weight excluding hydrogens is 250 g/mol. The summed E-state index contributed by atoms with van der Waals surface area (Å²) in [6.07, 6.45) is 0. The molecule has 0 unspecified atom stereocenters. The highest BCUT2D eigenvalue weighted by Crippen LogP contribution is 2.25. The molecule has 0 spiro atoms. The second kappa shape index (κ2) is 4.97. The smallest absolute Gasteiger partial charge is 0.226 e. The summed E-state index contributed by atoms with van der Waals surface area (Å²) in [5, 5.41) is 0.537. The standard InChI is InChI=1S/C16H12BFN2/c1-20(17)12-8-6-11(7-9-12)16-10-14(18)13-4-2-3-5-15(13)19-16/h2-10H,1H3. The molecule has 0 N–H and O–H groups in total. The molecule has 0 aliphatic heterocycles. The summed E-state index contributed by atoms with van der Waals surface area (Å²) in [5.74, 6) is -0.259. The van der Waals surface area contributed by atoms with Crippen molar-refractivity contribution in [3.05, 3.63) is 60.4 Å². The van der Waals surface area contributed by atoms with Crippen LogP contribution in [0.1, 0.15) is 0 Å². The molecular formula is C16H12BFN2. The molecule has 3 rings (SSSR count).